The molecule has 8 rings (SSSR count). The summed E-state index contributed by atoms with van der Waals surface area (Å²) in [6.45, 7) is 7.87. The molecule has 1 saturated carbocycles. The lowest BCUT2D eigenvalue weighted by molar-refractivity contribution is -0.144. The lowest BCUT2D eigenvalue weighted by atomic mass is 9.59. The van der Waals surface area contributed by atoms with Gasteiger partial charge < -0.3 is 29.5 Å². The van der Waals surface area contributed by atoms with E-state index in [0.29, 0.717) is 49.5 Å². The first kappa shape index (κ1) is 39.8. The quantitative estimate of drug-likeness (QED) is 0.146. The normalized spacial score (nSPS) is 25.7. The van der Waals surface area contributed by atoms with Crippen LogP contribution in [0, 0.1) is 17.8 Å². The minimum Gasteiger partial charge on any atom is -0.493 e. The molecule has 1 fully saturated rings. The van der Waals surface area contributed by atoms with Gasteiger partial charge in [-0.2, -0.15) is 0 Å². The van der Waals surface area contributed by atoms with Gasteiger partial charge in [0.05, 0.1) is 19.8 Å². The van der Waals surface area contributed by atoms with E-state index in [1.807, 2.05) is 42.6 Å². The van der Waals surface area contributed by atoms with Crippen molar-refractivity contribution in [1.82, 2.24) is 9.88 Å². The summed E-state index contributed by atoms with van der Waals surface area (Å²) in [5.74, 6) is 2.96. The fraction of sp³-hybridized carbons (Fsp3) is 0.489. The third-order valence-corrected chi connectivity index (χ3v) is 13.9. The van der Waals surface area contributed by atoms with Gasteiger partial charge in [0.25, 0.3) is 0 Å². The van der Waals surface area contributed by atoms with Crippen LogP contribution in [0.15, 0.2) is 72.9 Å². The van der Waals surface area contributed by atoms with Crippen LogP contribution in [0.3, 0.4) is 0 Å². The zero-order chi connectivity index (χ0) is 39.7. The van der Waals surface area contributed by atoms with E-state index in [-0.39, 0.29) is 17.3 Å². The highest BCUT2D eigenvalue weighted by atomic mass is 35.5. The van der Waals surface area contributed by atoms with Crippen molar-refractivity contribution in [2.75, 3.05) is 38.7 Å². The number of ether oxygens (including phenoxy) is 3. The molecular weight excluding hydrogens is 757 g/mol. The Morgan fingerprint density at radius 2 is 1.81 bits per heavy atom. The van der Waals surface area contributed by atoms with Crippen molar-refractivity contribution in [3.05, 3.63) is 111 Å². The molecule has 57 heavy (non-hydrogen) atoms. The van der Waals surface area contributed by atoms with Crippen LogP contribution in [-0.2, 0) is 29.6 Å². The molecule has 3 aliphatic carbocycles. The summed E-state index contributed by atoms with van der Waals surface area (Å²) in [5, 5.41) is 15.5. The maximum Gasteiger partial charge on any atom is 0.329 e. The van der Waals surface area contributed by atoms with Crippen molar-refractivity contribution in [2.24, 2.45) is 17.8 Å². The molecule has 0 bridgehead atoms. The summed E-state index contributed by atoms with van der Waals surface area (Å²) >= 11 is 12.8. The number of halogens is 2. The molecule has 4 atom stereocenters. The molecule has 3 aromatic carbocycles. The predicted molar refractivity (Wildman–Crippen MR) is 226 cm³/mol. The molecule has 0 radical (unpaired) electrons. The first-order valence-corrected chi connectivity index (χ1v) is 21.5. The number of fused-ring (bicyclic) bond motifs is 4. The molecule has 4 aliphatic rings. The Morgan fingerprint density at radius 1 is 1.04 bits per heavy atom. The number of carboxylic acid groups (broad SMARTS) is 1. The number of nitrogens with zero attached hydrogens (tertiary/aromatic N) is 2. The molecule has 1 aromatic heterocycles. The van der Waals surface area contributed by atoms with Crippen molar-refractivity contribution >= 4 is 34.9 Å². The Hall–Kier alpha value is -3.98. The lowest BCUT2D eigenvalue weighted by Gasteiger charge is -2.47. The Morgan fingerprint density at radius 3 is 2.56 bits per heavy atom. The van der Waals surface area contributed by atoms with E-state index in [1.165, 1.54) is 28.8 Å². The number of benzene rings is 3. The summed E-state index contributed by atoms with van der Waals surface area (Å²) in [6, 6.07) is 21.8. The van der Waals surface area contributed by atoms with Crippen molar-refractivity contribution in [1.29, 1.82) is 0 Å². The number of hydrogen-bond donors (Lipinski definition) is 2. The van der Waals surface area contributed by atoms with Gasteiger partial charge in [0.2, 0.25) is 0 Å². The van der Waals surface area contributed by atoms with E-state index >= 15 is 0 Å². The van der Waals surface area contributed by atoms with Gasteiger partial charge in [0.1, 0.15) is 11.3 Å². The first-order valence-electron chi connectivity index (χ1n) is 20.7. The number of nitrogens with one attached hydrogen (secondary N) is 1. The summed E-state index contributed by atoms with van der Waals surface area (Å²) in [5.41, 5.74) is 5.56. The van der Waals surface area contributed by atoms with Crippen LogP contribution in [0.25, 0.3) is 0 Å². The van der Waals surface area contributed by atoms with Crippen LogP contribution in [0.1, 0.15) is 92.7 Å². The van der Waals surface area contributed by atoms with E-state index in [0.717, 1.165) is 85.1 Å². The molecule has 0 amide bonds. The largest absolute Gasteiger partial charge is 0.493 e. The number of carbonyl (C=O) groups is 1. The highest BCUT2D eigenvalue weighted by Crippen LogP contribution is 2.58. The molecule has 1 unspecified atom stereocenters. The highest BCUT2D eigenvalue weighted by Gasteiger charge is 2.54. The topological polar surface area (TPSA) is 93.2 Å². The Labute approximate surface area is 347 Å². The average Bonchev–Trinajstić information content (AvgIpc) is 3.31. The second-order valence-corrected chi connectivity index (χ2v) is 18.3. The number of anilines is 1. The van der Waals surface area contributed by atoms with Crippen LogP contribution in [0.2, 0.25) is 10.0 Å². The van der Waals surface area contributed by atoms with E-state index in [2.05, 4.69) is 54.3 Å². The SMILES string of the molecule is C[C@@H](COc1ccnc2c1[C@H](C)CCC2)C[C@H]1Cc2cc3c(cc2C12CCC(Nc1cccc(Cl)c1)(C(=O)O)CC2)OCC(CN(C)Cc1ccccc1Cl)CO3. The number of pyridine rings is 1. The van der Waals surface area contributed by atoms with Crippen molar-refractivity contribution in [2.45, 2.75) is 95.1 Å². The van der Waals surface area contributed by atoms with Crippen molar-refractivity contribution < 1.29 is 24.1 Å². The molecule has 10 heteroatoms. The third-order valence-electron chi connectivity index (χ3n) is 13.3. The number of aryl methyl sites for hydroxylation is 1. The second kappa shape index (κ2) is 16.7. The lowest BCUT2D eigenvalue weighted by Crippen LogP contribution is -2.53. The van der Waals surface area contributed by atoms with Gasteiger partial charge in [-0.25, -0.2) is 4.79 Å². The number of aliphatic carboxylic acids is 1. The highest BCUT2D eigenvalue weighted by molar-refractivity contribution is 6.31. The predicted octanol–water partition coefficient (Wildman–Crippen LogP) is 10.4. The fourth-order valence-electron chi connectivity index (χ4n) is 10.3. The van der Waals surface area contributed by atoms with Crippen LogP contribution in [-0.4, -0.2) is 59.9 Å². The molecule has 1 aliphatic heterocycles. The number of carboxylic acids is 1. The monoisotopic (exact) mass is 811 g/mol. The molecular formula is C47H55Cl2N3O5. The third kappa shape index (κ3) is 8.33. The standard InChI is InChI=1S/C47H55Cl2N3O5/c1-30(27-55-41-14-19-50-40-13-6-8-31(2)44(40)41)20-35-21-34-22-42-43(57-29-32(28-56-42)25-52(3)26-33-9-4-5-12-39(33)49)24-38(34)46(35)15-17-47(18-16-46,45(53)54)51-37-11-7-10-36(48)23-37/h4-5,7,9-12,14,19,22-24,30-32,35,51H,6,8,13,15-18,20-21,25-29H2,1-3H3,(H,53,54)/t30-,31-,32?,35+,46?,47?/m1/s1. The van der Waals surface area contributed by atoms with Gasteiger partial charge in [-0.1, -0.05) is 61.3 Å². The molecule has 4 aromatic rings. The second-order valence-electron chi connectivity index (χ2n) is 17.4. The van der Waals surface area contributed by atoms with Gasteiger partial charge in [0, 0.05) is 52.2 Å². The smallest absolute Gasteiger partial charge is 0.329 e. The molecule has 0 saturated heterocycles. The van der Waals surface area contributed by atoms with Crippen molar-refractivity contribution in [3.63, 3.8) is 0 Å². The van der Waals surface area contributed by atoms with Gasteiger partial charge in [-0.3, -0.25) is 4.98 Å². The summed E-state index contributed by atoms with van der Waals surface area (Å²) in [7, 11) is 2.11. The maximum absolute atomic E-state index is 13.1. The fourth-order valence-corrected chi connectivity index (χ4v) is 10.7. The minimum absolute atomic E-state index is 0.180. The Balaban J connectivity index is 1.02. The molecule has 302 valence electrons. The van der Waals surface area contributed by atoms with Crippen LogP contribution in [0.5, 0.6) is 17.2 Å². The molecule has 1 spiro atoms. The van der Waals surface area contributed by atoms with Crippen molar-refractivity contribution in [3.8, 4) is 17.2 Å². The summed E-state index contributed by atoms with van der Waals surface area (Å²) < 4.78 is 19.8. The molecule has 8 nitrogen and oxygen atoms in total. The first-order chi connectivity index (χ1) is 27.5. The van der Waals surface area contributed by atoms with Gasteiger partial charge >= 0.3 is 5.97 Å². The van der Waals surface area contributed by atoms with Gasteiger partial charge in [-0.15, -0.1) is 0 Å². The van der Waals surface area contributed by atoms with Crippen LogP contribution in [0.4, 0.5) is 5.69 Å². The number of rotatable bonds is 12. The molecule has 2 heterocycles. The van der Waals surface area contributed by atoms with E-state index in [1.54, 1.807) is 12.1 Å². The average molecular weight is 813 g/mol. The Bertz CT molecular complexity index is 2080. The summed E-state index contributed by atoms with van der Waals surface area (Å²) in [4.78, 5) is 20.1. The zero-order valence-electron chi connectivity index (χ0n) is 33.4. The Kier molecular flexibility index (Phi) is 11.7. The van der Waals surface area contributed by atoms with E-state index in [4.69, 9.17) is 37.4 Å². The van der Waals surface area contributed by atoms with Gasteiger partial charge in [0.15, 0.2) is 11.5 Å². The van der Waals surface area contributed by atoms with Crippen LogP contribution >= 0.6 is 23.2 Å². The summed E-state index contributed by atoms with van der Waals surface area (Å²) in [6.07, 6.45) is 9.57. The number of hydrogen-bond acceptors (Lipinski definition) is 7. The van der Waals surface area contributed by atoms with E-state index < -0.39 is 11.5 Å². The van der Waals surface area contributed by atoms with Gasteiger partial charge in [-0.05, 0) is 147 Å². The number of aromatic nitrogens is 1. The van der Waals surface area contributed by atoms with E-state index in [9.17, 15) is 9.90 Å². The zero-order valence-corrected chi connectivity index (χ0v) is 34.9. The maximum atomic E-state index is 13.1. The van der Waals surface area contributed by atoms with Crippen LogP contribution < -0.4 is 19.5 Å². The molecule has 2 N–H and O–H groups in total. The minimum atomic E-state index is -1.09.